The topological polar surface area (TPSA) is 24.5 Å². The number of benzene rings is 1. The Kier molecular flexibility index (Phi) is 5.11. The Balaban J connectivity index is 2.22. The average Bonchev–Trinajstić information content (AvgIpc) is 2.87. The normalized spacial score (nSPS) is 19.3. The van der Waals surface area contributed by atoms with Gasteiger partial charge in [-0.1, -0.05) is 6.07 Å². The fraction of sp³-hybridized carbons (Fsp3) is 0.600. The van der Waals surface area contributed by atoms with Crippen LogP contribution in [-0.4, -0.2) is 33.9 Å². The highest BCUT2D eigenvalue weighted by Gasteiger charge is 2.34. The monoisotopic (exact) mass is 302 g/mol. The molecule has 1 unspecified atom stereocenters. The predicted octanol–water partition coefficient (Wildman–Crippen LogP) is 2.90. The largest absolute Gasteiger partial charge is 0.416 e. The Morgan fingerprint density at radius 1 is 1.38 bits per heavy atom. The number of hydrogen-bond donors (Lipinski definition) is 1. The molecule has 21 heavy (non-hydrogen) atoms. The molecule has 0 spiro atoms. The van der Waals surface area contributed by atoms with Crippen LogP contribution in [0.2, 0.25) is 0 Å². The number of alkyl halides is 3. The van der Waals surface area contributed by atoms with E-state index in [1.165, 1.54) is 6.07 Å². The molecule has 1 aliphatic rings. The second kappa shape index (κ2) is 6.66. The molecule has 6 heteroatoms. The zero-order valence-electron chi connectivity index (χ0n) is 12.3. The van der Waals surface area contributed by atoms with E-state index in [-0.39, 0.29) is 12.1 Å². The van der Waals surface area contributed by atoms with Crippen molar-refractivity contribution in [2.75, 3.05) is 38.8 Å². The number of methoxy groups -OCH3 is 1. The van der Waals surface area contributed by atoms with E-state index in [1.807, 2.05) is 4.90 Å². The molecule has 0 amide bonds. The van der Waals surface area contributed by atoms with Gasteiger partial charge in [0.1, 0.15) is 0 Å². The van der Waals surface area contributed by atoms with E-state index in [0.717, 1.165) is 19.5 Å². The molecule has 1 heterocycles. The maximum Gasteiger partial charge on any atom is 0.416 e. The van der Waals surface area contributed by atoms with Crippen LogP contribution < -0.4 is 10.2 Å². The van der Waals surface area contributed by atoms with Crippen LogP contribution in [0.25, 0.3) is 0 Å². The third-order valence-electron chi connectivity index (χ3n) is 3.82. The van der Waals surface area contributed by atoms with E-state index in [2.05, 4.69) is 5.32 Å². The van der Waals surface area contributed by atoms with Crippen molar-refractivity contribution in [3.63, 3.8) is 0 Å². The maximum absolute atomic E-state index is 13.2. The summed E-state index contributed by atoms with van der Waals surface area (Å²) in [7, 11) is 3.29. The number of halogens is 3. The first-order valence-corrected chi connectivity index (χ1v) is 7.04. The van der Waals surface area contributed by atoms with Crippen molar-refractivity contribution in [1.29, 1.82) is 0 Å². The summed E-state index contributed by atoms with van der Waals surface area (Å²) in [5.74, 6) is 0.390. The summed E-state index contributed by atoms with van der Waals surface area (Å²) < 4.78 is 44.6. The molecule has 0 bridgehead atoms. The van der Waals surface area contributed by atoms with Crippen molar-refractivity contribution in [1.82, 2.24) is 5.32 Å². The minimum atomic E-state index is -4.33. The Labute approximate surface area is 123 Å². The molecule has 1 aromatic carbocycles. The van der Waals surface area contributed by atoms with Crippen molar-refractivity contribution in [2.45, 2.75) is 19.1 Å². The highest BCUT2D eigenvalue weighted by Crippen LogP contribution is 2.35. The molecule has 118 valence electrons. The summed E-state index contributed by atoms with van der Waals surface area (Å²) in [6, 6.07) is 4.61. The lowest BCUT2D eigenvalue weighted by Gasteiger charge is -2.22. The molecular formula is C15H21F3N2O. The van der Waals surface area contributed by atoms with E-state index in [9.17, 15) is 13.2 Å². The molecule has 0 aromatic heterocycles. The van der Waals surface area contributed by atoms with Gasteiger partial charge in [-0.2, -0.15) is 13.2 Å². The summed E-state index contributed by atoms with van der Waals surface area (Å²) in [6.07, 6.45) is -3.37. The minimum Gasteiger partial charge on any atom is -0.384 e. The molecule has 1 atom stereocenters. The van der Waals surface area contributed by atoms with Gasteiger partial charge in [0.15, 0.2) is 0 Å². The van der Waals surface area contributed by atoms with Gasteiger partial charge >= 0.3 is 6.18 Å². The number of anilines is 1. The summed E-state index contributed by atoms with van der Waals surface area (Å²) in [5.41, 5.74) is 0.367. The number of nitrogens with one attached hydrogen (secondary N) is 1. The zero-order valence-corrected chi connectivity index (χ0v) is 12.3. The van der Waals surface area contributed by atoms with Crippen LogP contribution in [0.15, 0.2) is 18.2 Å². The summed E-state index contributed by atoms with van der Waals surface area (Å²) in [4.78, 5) is 2.00. The van der Waals surface area contributed by atoms with Gasteiger partial charge in [0.25, 0.3) is 0 Å². The lowest BCUT2D eigenvalue weighted by Crippen LogP contribution is -2.22. The predicted molar refractivity (Wildman–Crippen MR) is 76.4 cm³/mol. The molecule has 0 saturated carbocycles. The number of nitrogens with zero attached hydrogens (tertiary/aromatic N) is 1. The van der Waals surface area contributed by atoms with E-state index in [4.69, 9.17) is 4.74 Å². The average molecular weight is 302 g/mol. The molecule has 0 aliphatic carbocycles. The number of ether oxygens (including phenoxy) is 1. The second-order valence-electron chi connectivity index (χ2n) is 5.43. The Bertz CT molecular complexity index is 476. The first-order valence-electron chi connectivity index (χ1n) is 7.04. The van der Waals surface area contributed by atoms with Gasteiger partial charge in [0.2, 0.25) is 0 Å². The van der Waals surface area contributed by atoms with Crippen LogP contribution in [0.5, 0.6) is 0 Å². The van der Waals surface area contributed by atoms with Gasteiger partial charge in [-0.05, 0) is 31.2 Å². The van der Waals surface area contributed by atoms with Gasteiger partial charge in [-0.3, -0.25) is 0 Å². The first kappa shape index (κ1) is 16.1. The smallest absolute Gasteiger partial charge is 0.384 e. The lowest BCUT2D eigenvalue weighted by molar-refractivity contribution is -0.138. The highest BCUT2D eigenvalue weighted by atomic mass is 19.4. The molecule has 1 fully saturated rings. The van der Waals surface area contributed by atoms with Crippen LogP contribution in [-0.2, 0) is 17.5 Å². The third kappa shape index (κ3) is 3.89. The molecule has 1 aromatic rings. The van der Waals surface area contributed by atoms with Gasteiger partial charge < -0.3 is 15.0 Å². The van der Waals surface area contributed by atoms with Gasteiger partial charge in [-0.25, -0.2) is 0 Å². The highest BCUT2D eigenvalue weighted by molar-refractivity contribution is 5.52. The SMILES string of the molecule is CNCc1ccc(N2CCC(COC)C2)cc1C(F)(F)F. The summed E-state index contributed by atoms with van der Waals surface area (Å²) in [6.45, 7) is 2.38. The van der Waals surface area contributed by atoms with E-state index in [0.29, 0.717) is 18.2 Å². The Hall–Kier alpha value is -1.27. The van der Waals surface area contributed by atoms with Crippen LogP contribution in [0, 0.1) is 5.92 Å². The van der Waals surface area contributed by atoms with Crippen LogP contribution in [0.3, 0.4) is 0 Å². The van der Waals surface area contributed by atoms with Crippen molar-refractivity contribution in [3.8, 4) is 0 Å². The van der Waals surface area contributed by atoms with E-state index < -0.39 is 11.7 Å². The Morgan fingerprint density at radius 2 is 2.14 bits per heavy atom. The zero-order chi connectivity index (χ0) is 15.5. The third-order valence-corrected chi connectivity index (χ3v) is 3.82. The standard InChI is InChI=1S/C15H21F3N2O/c1-19-8-12-3-4-13(7-14(12)15(16,17)18)20-6-5-11(9-20)10-21-2/h3-4,7,11,19H,5-6,8-10H2,1-2H3. The summed E-state index contributed by atoms with van der Waals surface area (Å²) >= 11 is 0. The van der Waals surface area contributed by atoms with Crippen molar-refractivity contribution in [3.05, 3.63) is 29.3 Å². The molecule has 1 N–H and O–H groups in total. The van der Waals surface area contributed by atoms with E-state index >= 15 is 0 Å². The van der Waals surface area contributed by atoms with Gasteiger partial charge in [-0.15, -0.1) is 0 Å². The first-order chi connectivity index (χ1) is 9.95. The maximum atomic E-state index is 13.2. The van der Waals surface area contributed by atoms with Crippen molar-refractivity contribution in [2.24, 2.45) is 5.92 Å². The number of hydrogen-bond acceptors (Lipinski definition) is 3. The molecule has 0 radical (unpaired) electrons. The molecule has 2 rings (SSSR count). The lowest BCUT2D eigenvalue weighted by atomic mass is 10.1. The quantitative estimate of drug-likeness (QED) is 0.905. The fourth-order valence-electron chi connectivity index (χ4n) is 2.81. The second-order valence-corrected chi connectivity index (χ2v) is 5.43. The Morgan fingerprint density at radius 3 is 2.76 bits per heavy atom. The van der Waals surface area contributed by atoms with Crippen LogP contribution >= 0.6 is 0 Å². The molecule has 3 nitrogen and oxygen atoms in total. The molecule has 1 aliphatic heterocycles. The van der Waals surface area contributed by atoms with E-state index in [1.54, 1.807) is 26.3 Å². The van der Waals surface area contributed by atoms with Crippen LogP contribution in [0.1, 0.15) is 17.5 Å². The summed E-state index contributed by atoms with van der Waals surface area (Å²) in [5, 5.41) is 2.78. The van der Waals surface area contributed by atoms with Crippen LogP contribution in [0.4, 0.5) is 18.9 Å². The minimum absolute atomic E-state index is 0.210. The van der Waals surface area contributed by atoms with Crippen molar-refractivity contribution < 1.29 is 17.9 Å². The van der Waals surface area contributed by atoms with Crippen molar-refractivity contribution >= 4 is 5.69 Å². The van der Waals surface area contributed by atoms with Gasteiger partial charge in [0.05, 0.1) is 12.2 Å². The molecular weight excluding hydrogens is 281 g/mol. The fourth-order valence-corrected chi connectivity index (χ4v) is 2.81. The molecule has 1 saturated heterocycles. The number of rotatable bonds is 5. The van der Waals surface area contributed by atoms with Gasteiger partial charge in [0, 0.05) is 38.3 Å².